The summed E-state index contributed by atoms with van der Waals surface area (Å²) in [5.41, 5.74) is 0. The lowest BCUT2D eigenvalue weighted by Crippen LogP contribution is -2.46. The van der Waals surface area contributed by atoms with Crippen LogP contribution < -0.4 is 4.72 Å². The number of nitrogens with one attached hydrogen (secondary N) is 1. The van der Waals surface area contributed by atoms with Crippen molar-refractivity contribution in [3.63, 3.8) is 0 Å². The Morgan fingerprint density at radius 3 is 2.28 bits per heavy atom. The normalized spacial score (nSPS) is 17.7. The summed E-state index contributed by atoms with van der Waals surface area (Å²) in [4.78, 5) is 23.6. The maximum absolute atomic E-state index is 11.6. The highest BCUT2D eigenvalue weighted by Gasteiger charge is 2.24. The number of carbonyl (C=O) groups is 2. The number of likely N-dealkylation sites (tertiary alicyclic amines) is 1. The third-order valence-electron chi connectivity index (χ3n) is 2.78. The molecule has 0 aromatic heterocycles. The smallest absolute Gasteiger partial charge is 0.303 e. The molecule has 0 aromatic carbocycles. The summed E-state index contributed by atoms with van der Waals surface area (Å²) in [6.07, 6.45) is 2.06. The van der Waals surface area contributed by atoms with Crippen molar-refractivity contribution >= 4 is 21.9 Å². The van der Waals surface area contributed by atoms with Crippen molar-refractivity contribution in [2.75, 3.05) is 19.3 Å². The van der Waals surface area contributed by atoms with E-state index >= 15 is 0 Å². The predicted molar refractivity (Wildman–Crippen MR) is 64.5 cm³/mol. The molecule has 0 unspecified atom stereocenters. The van der Waals surface area contributed by atoms with Crippen LogP contribution in [-0.4, -0.2) is 55.7 Å². The van der Waals surface area contributed by atoms with Gasteiger partial charge in [-0.05, 0) is 12.8 Å². The topological polar surface area (TPSA) is 104 Å². The zero-order valence-corrected chi connectivity index (χ0v) is 11.1. The molecule has 1 rings (SSSR count). The molecular weight excluding hydrogens is 260 g/mol. The molecule has 8 heteroatoms. The number of carboxylic acid groups (broad SMARTS) is 1. The Labute approximate surface area is 106 Å². The average Bonchev–Trinajstić information content (AvgIpc) is 2.24. The molecule has 0 saturated carbocycles. The van der Waals surface area contributed by atoms with Crippen molar-refractivity contribution in [3.8, 4) is 0 Å². The van der Waals surface area contributed by atoms with Gasteiger partial charge in [0, 0.05) is 25.6 Å². The summed E-state index contributed by atoms with van der Waals surface area (Å²) in [5, 5.41) is 8.48. The monoisotopic (exact) mass is 278 g/mol. The van der Waals surface area contributed by atoms with E-state index in [1.54, 1.807) is 4.90 Å². The van der Waals surface area contributed by atoms with Crippen LogP contribution in [0.15, 0.2) is 0 Å². The molecule has 0 aromatic rings. The van der Waals surface area contributed by atoms with E-state index in [0.717, 1.165) is 6.26 Å². The minimum atomic E-state index is -3.21. The highest BCUT2D eigenvalue weighted by Crippen LogP contribution is 2.12. The van der Waals surface area contributed by atoms with Crippen LogP contribution in [0.25, 0.3) is 0 Å². The maximum atomic E-state index is 11.6. The molecule has 7 nitrogen and oxygen atoms in total. The Balaban J connectivity index is 2.35. The largest absolute Gasteiger partial charge is 0.481 e. The maximum Gasteiger partial charge on any atom is 0.303 e. The quantitative estimate of drug-likeness (QED) is 0.698. The van der Waals surface area contributed by atoms with E-state index in [2.05, 4.69) is 4.72 Å². The third kappa shape index (κ3) is 5.46. The molecule has 1 amide bonds. The molecule has 1 aliphatic heterocycles. The Kier molecular flexibility index (Phi) is 5.09. The molecule has 0 aliphatic carbocycles. The molecular formula is C10H18N2O5S. The lowest BCUT2D eigenvalue weighted by Gasteiger charge is -2.32. The third-order valence-corrected chi connectivity index (χ3v) is 3.54. The highest BCUT2D eigenvalue weighted by atomic mass is 32.2. The number of carbonyl (C=O) groups excluding carboxylic acids is 1. The number of rotatable bonds is 5. The number of hydrogen-bond donors (Lipinski definition) is 2. The molecule has 0 bridgehead atoms. The van der Waals surface area contributed by atoms with Crippen LogP contribution in [-0.2, 0) is 19.6 Å². The van der Waals surface area contributed by atoms with Gasteiger partial charge >= 0.3 is 5.97 Å². The molecule has 0 atom stereocenters. The van der Waals surface area contributed by atoms with Crippen molar-refractivity contribution in [3.05, 3.63) is 0 Å². The summed E-state index contributed by atoms with van der Waals surface area (Å²) in [6.45, 7) is 0.928. The summed E-state index contributed by atoms with van der Waals surface area (Å²) in [5.74, 6) is -1.17. The second kappa shape index (κ2) is 6.14. The van der Waals surface area contributed by atoms with Gasteiger partial charge in [-0.1, -0.05) is 0 Å². The lowest BCUT2D eigenvalue weighted by molar-refractivity contribution is -0.141. The van der Waals surface area contributed by atoms with Gasteiger partial charge in [0.05, 0.1) is 12.7 Å². The molecule has 1 heterocycles. The van der Waals surface area contributed by atoms with E-state index in [-0.39, 0.29) is 24.8 Å². The SMILES string of the molecule is CS(=O)(=O)NC1CCN(C(=O)CCC(=O)O)CC1. The summed E-state index contributed by atoms with van der Waals surface area (Å²) in [6, 6.07) is -0.136. The van der Waals surface area contributed by atoms with Crippen LogP contribution in [0.4, 0.5) is 0 Å². The van der Waals surface area contributed by atoms with Gasteiger partial charge < -0.3 is 10.0 Å². The fourth-order valence-electron chi connectivity index (χ4n) is 1.92. The summed E-state index contributed by atoms with van der Waals surface area (Å²) < 4.78 is 24.6. The zero-order chi connectivity index (χ0) is 13.8. The van der Waals surface area contributed by atoms with Crippen LogP contribution in [0.3, 0.4) is 0 Å². The van der Waals surface area contributed by atoms with E-state index in [0.29, 0.717) is 25.9 Å². The van der Waals surface area contributed by atoms with Gasteiger partial charge in [-0.2, -0.15) is 0 Å². The van der Waals surface area contributed by atoms with Crippen LogP contribution in [0.2, 0.25) is 0 Å². The molecule has 2 N–H and O–H groups in total. The summed E-state index contributed by atoms with van der Waals surface area (Å²) in [7, 11) is -3.21. The number of sulfonamides is 1. The van der Waals surface area contributed by atoms with Crippen molar-refractivity contribution in [1.82, 2.24) is 9.62 Å². The Hall–Kier alpha value is -1.15. The van der Waals surface area contributed by atoms with E-state index in [9.17, 15) is 18.0 Å². The Morgan fingerprint density at radius 1 is 1.28 bits per heavy atom. The van der Waals surface area contributed by atoms with Gasteiger partial charge in [0.2, 0.25) is 15.9 Å². The molecule has 1 saturated heterocycles. The second-order valence-corrected chi connectivity index (χ2v) is 6.22. The van der Waals surface area contributed by atoms with E-state index in [4.69, 9.17) is 5.11 Å². The number of aliphatic carboxylic acids is 1. The van der Waals surface area contributed by atoms with Crippen LogP contribution >= 0.6 is 0 Å². The molecule has 0 radical (unpaired) electrons. The van der Waals surface area contributed by atoms with Gasteiger partial charge in [0.1, 0.15) is 0 Å². The van der Waals surface area contributed by atoms with Crippen molar-refractivity contribution < 1.29 is 23.1 Å². The zero-order valence-electron chi connectivity index (χ0n) is 10.3. The first kappa shape index (κ1) is 14.9. The van der Waals surface area contributed by atoms with Gasteiger partial charge in [-0.15, -0.1) is 0 Å². The molecule has 1 fully saturated rings. The number of hydrogen-bond acceptors (Lipinski definition) is 4. The van der Waals surface area contributed by atoms with Crippen LogP contribution in [0.5, 0.6) is 0 Å². The molecule has 1 aliphatic rings. The minimum absolute atomic E-state index is 0.000491. The van der Waals surface area contributed by atoms with Crippen molar-refractivity contribution in [2.24, 2.45) is 0 Å². The molecule has 0 spiro atoms. The number of carboxylic acids is 1. The van der Waals surface area contributed by atoms with Gasteiger partial charge in [0.25, 0.3) is 0 Å². The minimum Gasteiger partial charge on any atom is -0.481 e. The van der Waals surface area contributed by atoms with Crippen LogP contribution in [0.1, 0.15) is 25.7 Å². The van der Waals surface area contributed by atoms with E-state index in [1.165, 1.54) is 0 Å². The second-order valence-electron chi connectivity index (χ2n) is 4.44. The van der Waals surface area contributed by atoms with Gasteiger partial charge in [-0.3, -0.25) is 9.59 Å². The van der Waals surface area contributed by atoms with Gasteiger partial charge in [-0.25, -0.2) is 13.1 Å². The van der Waals surface area contributed by atoms with E-state index < -0.39 is 16.0 Å². The standard InChI is InChI=1S/C10H18N2O5S/c1-18(16,17)11-8-4-6-12(7-5-8)9(13)2-3-10(14)15/h8,11H,2-7H2,1H3,(H,14,15). The number of nitrogens with zero attached hydrogens (tertiary/aromatic N) is 1. The fourth-order valence-corrected chi connectivity index (χ4v) is 2.76. The first-order valence-corrected chi connectivity index (χ1v) is 7.64. The van der Waals surface area contributed by atoms with Crippen molar-refractivity contribution in [1.29, 1.82) is 0 Å². The number of piperidine rings is 1. The lowest BCUT2D eigenvalue weighted by atomic mass is 10.1. The molecule has 18 heavy (non-hydrogen) atoms. The average molecular weight is 278 g/mol. The fraction of sp³-hybridized carbons (Fsp3) is 0.800. The first-order valence-electron chi connectivity index (χ1n) is 5.75. The molecule has 104 valence electrons. The highest BCUT2D eigenvalue weighted by molar-refractivity contribution is 7.88. The Bertz CT molecular complexity index is 412. The Morgan fingerprint density at radius 2 is 1.83 bits per heavy atom. The van der Waals surface area contributed by atoms with Crippen LogP contribution in [0, 0.1) is 0 Å². The number of amides is 1. The van der Waals surface area contributed by atoms with E-state index in [1.807, 2.05) is 0 Å². The van der Waals surface area contributed by atoms with Crippen molar-refractivity contribution in [2.45, 2.75) is 31.7 Å². The summed E-state index contributed by atoms with van der Waals surface area (Å²) >= 11 is 0. The predicted octanol–water partition coefficient (Wildman–Crippen LogP) is -0.609. The first-order chi connectivity index (χ1) is 8.28. The van der Waals surface area contributed by atoms with Gasteiger partial charge in [0.15, 0.2) is 0 Å².